The minimum absolute atomic E-state index is 0. The highest BCUT2D eigenvalue weighted by atomic mass is 35.5. The number of rotatable bonds is 3. The fourth-order valence-corrected chi connectivity index (χ4v) is 0.912. The first-order valence-corrected chi connectivity index (χ1v) is 4.40. The van der Waals surface area contributed by atoms with E-state index in [1.165, 1.54) is 12.3 Å². The zero-order valence-electron chi connectivity index (χ0n) is 8.64. The lowest BCUT2D eigenvalue weighted by molar-refractivity contribution is 0.0519. The zero-order valence-corrected chi connectivity index (χ0v) is 9.45. The first kappa shape index (κ1) is 13.8. The van der Waals surface area contributed by atoms with Crippen molar-refractivity contribution >= 4 is 18.4 Å². The molecule has 0 aliphatic carbocycles. The van der Waals surface area contributed by atoms with Crippen LogP contribution in [0.15, 0.2) is 12.3 Å². The third-order valence-electron chi connectivity index (χ3n) is 1.57. The Morgan fingerprint density at radius 3 is 2.87 bits per heavy atom. The van der Waals surface area contributed by atoms with E-state index in [2.05, 4.69) is 9.97 Å². The molecule has 84 valence electrons. The molecule has 0 bridgehead atoms. The summed E-state index contributed by atoms with van der Waals surface area (Å²) in [5.41, 5.74) is 5.82. The number of aromatic nitrogens is 2. The Kier molecular flexibility index (Phi) is 5.81. The molecule has 15 heavy (non-hydrogen) atoms. The molecule has 1 atom stereocenters. The molecule has 0 aromatic carbocycles. The zero-order chi connectivity index (χ0) is 10.6. The molecule has 1 heterocycles. The number of carbonyl (C=O) groups excluding carboxylic acids is 1. The number of nitrogens with zero attached hydrogens (tertiary/aromatic N) is 2. The normalized spacial score (nSPS) is 11.4. The molecule has 1 unspecified atom stereocenters. The molecule has 0 radical (unpaired) electrons. The average Bonchev–Trinajstić information content (AvgIpc) is 2.18. The Labute approximate surface area is 94.5 Å². The van der Waals surface area contributed by atoms with Crippen LogP contribution < -0.4 is 5.73 Å². The van der Waals surface area contributed by atoms with Crippen molar-refractivity contribution in [2.45, 2.75) is 19.9 Å². The van der Waals surface area contributed by atoms with E-state index in [9.17, 15) is 4.79 Å². The summed E-state index contributed by atoms with van der Waals surface area (Å²) in [7, 11) is 0. The van der Waals surface area contributed by atoms with Crippen LogP contribution in [-0.4, -0.2) is 22.5 Å². The number of nitrogens with two attached hydrogens (primary N) is 1. The summed E-state index contributed by atoms with van der Waals surface area (Å²) in [5.74, 6) is -0.00708. The van der Waals surface area contributed by atoms with E-state index in [0.29, 0.717) is 12.4 Å². The lowest BCUT2D eigenvalue weighted by Gasteiger charge is -2.05. The molecule has 0 fully saturated rings. The van der Waals surface area contributed by atoms with Crippen molar-refractivity contribution in [2.24, 2.45) is 5.73 Å². The van der Waals surface area contributed by atoms with Gasteiger partial charge in [-0.3, -0.25) is 0 Å². The summed E-state index contributed by atoms with van der Waals surface area (Å²) in [6.45, 7) is 3.83. The van der Waals surface area contributed by atoms with Gasteiger partial charge in [-0.1, -0.05) is 0 Å². The minimum atomic E-state index is -0.447. The number of ether oxygens (including phenoxy) is 1. The Balaban J connectivity index is 0.00000196. The lowest BCUT2D eigenvalue weighted by Crippen LogP contribution is -2.14. The minimum Gasteiger partial charge on any atom is -0.461 e. The van der Waals surface area contributed by atoms with E-state index in [-0.39, 0.29) is 24.1 Å². The van der Waals surface area contributed by atoms with Gasteiger partial charge in [0.2, 0.25) is 0 Å². The van der Waals surface area contributed by atoms with Crippen LogP contribution in [0.5, 0.6) is 0 Å². The molecule has 1 rings (SSSR count). The quantitative estimate of drug-likeness (QED) is 0.788. The van der Waals surface area contributed by atoms with Gasteiger partial charge in [-0.15, -0.1) is 12.4 Å². The molecular formula is C9H14ClN3O2. The molecule has 1 aromatic rings. The van der Waals surface area contributed by atoms with E-state index < -0.39 is 5.97 Å². The molecule has 2 N–H and O–H groups in total. The molecule has 0 aliphatic heterocycles. The maximum atomic E-state index is 11.3. The van der Waals surface area contributed by atoms with Gasteiger partial charge in [0, 0.05) is 6.20 Å². The van der Waals surface area contributed by atoms with Crippen molar-refractivity contribution in [1.82, 2.24) is 9.97 Å². The van der Waals surface area contributed by atoms with Crippen molar-refractivity contribution in [3.63, 3.8) is 0 Å². The molecule has 5 nitrogen and oxygen atoms in total. The van der Waals surface area contributed by atoms with Crippen molar-refractivity contribution in [1.29, 1.82) is 0 Å². The second-order valence-corrected chi connectivity index (χ2v) is 2.81. The van der Waals surface area contributed by atoms with Crippen LogP contribution in [0, 0.1) is 0 Å². The van der Waals surface area contributed by atoms with Gasteiger partial charge in [0.1, 0.15) is 5.82 Å². The highest BCUT2D eigenvalue weighted by Gasteiger charge is 2.10. The molecule has 0 saturated heterocycles. The average molecular weight is 232 g/mol. The van der Waals surface area contributed by atoms with Crippen LogP contribution >= 0.6 is 12.4 Å². The van der Waals surface area contributed by atoms with Gasteiger partial charge in [0.05, 0.1) is 12.6 Å². The number of carbonyl (C=O) groups is 1. The molecule has 0 amide bonds. The van der Waals surface area contributed by atoms with E-state index in [4.69, 9.17) is 10.5 Å². The third kappa shape index (κ3) is 3.81. The van der Waals surface area contributed by atoms with E-state index in [1.807, 2.05) is 0 Å². The molecule has 0 saturated carbocycles. The SMILES string of the molecule is CCOC(=O)c1ccnc(C(C)N)n1.Cl. The molecule has 1 aromatic heterocycles. The van der Waals surface area contributed by atoms with Gasteiger partial charge in [-0.05, 0) is 19.9 Å². The van der Waals surface area contributed by atoms with Crippen LogP contribution in [0.4, 0.5) is 0 Å². The number of esters is 1. The van der Waals surface area contributed by atoms with E-state index >= 15 is 0 Å². The van der Waals surface area contributed by atoms with Crippen LogP contribution in [-0.2, 0) is 4.74 Å². The smallest absolute Gasteiger partial charge is 0.357 e. The third-order valence-corrected chi connectivity index (χ3v) is 1.57. The van der Waals surface area contributed by atoms with Gasteiger partial charge < -0.3 is 10.5 Å². The summed E-state index contributed by atoms with van der Waals surface area (Å²) >= 11 is 0. The summed E-state index contributed by atoms with van der Waals surface area (Å²) in [6.07, 6.45) is 1.50. The lowest BCUT2D eigenvalue weighted by atomic mass is 10.3. The predicted octanol–water partition coefficient (Wildman–Crippen LogP) is 1.09. The summed E-state index contributed by atoms with van der Waals surface area (Å²) in [5, 5.41) is 0. The largest absolute Gasteiger partial charge is 0.461 e. The Morgan fingerprint density at radius 2 is 2.33 bits per heavy atom. The first-order chi connectivity index (χ1) is 6.65. The maximum absolute atomic E-state index is 11.3. The standard InChI is InChI=1S/C9H13N3O2.ClH/c1-3-14-9(13)7-4-5-11-8(12-7)6(2)10;/h4-6H,3,10H2,1-2H3;1H. The van der Waals surface area contributed by atoms with Crippen molar-refractivity contribution in [3.8, 4) is 0 Å². The van der Waals surface area contributed by atoms with Crippen LogP contribution in [0.3, 0.4) is 0 Å². The van der Waals surface area contributed by atoms with Crippen molar-refractivity contribution in [3.05, 3.63) is 23.8 Å². The van der Waals surface area contributed by atoms with E-state index in [1.54, 1.807) is 13.8 Å². The predicted molar refractivity (Wildman–Crippen MR) is 57.8 cm³/mol. The first-order valence-electron chi connectivity index (χ1n) is 4.40. The fourth-order valence-electron chi connectivity index (χ4n) is 0.912. The monoisotopic (exact) mass is 231 g/mol. The van der Waals surface area contributed by atoms with Crippen LogP contribution in [0.1, 0.15) is 36.2 Å². The van der Waals surface area contributed by atoms with Crippen LogP contribution in [0.2, 0.25) is 0 Å². The van der Waals surface area contributed by atoms with Gasteiger partial charge in [-0.25, -0.2) is 14.8 Å². The number of halogens is 1. The van der Waals surface area contributed by atoms with E-state index in [0.717, 1.165) is 0 Å². The van der Waals surface area contributed by atoms with Gasteiger partial charge in [-0.2, -0.15) is 0 Å². The highest BCUT2D eigenvalue weighted by Crippen LogP contribution is 2.04. The van der Waals surface area contributed by atoms with Gasteiger partial charge in [0.15, 0.2) is 5.69 Å². The number of hydrogen-bond acceptors (Lipinski definition) is 5. The van der Waals surface area contributed by atoms with Crippen LogP contribution in [0.25, 0.3) is 0 Å². The topological polar surface area (TPSA) is 78.1 Å². The highest BCUT2D eigenvalue weighted by molar-refractivity contribution is 5.87. The molecule has 0 aliphatic rings. The second kappa shape index (κ2) is 6.31. The Bertz CT molecular complexity index is 331. The van der Waals surface area contributed by atoms with Crippen molar-refractivity contribution < 1.29 is 9.53 Å². The second-order valence-electron chi connectivity index (χ2n) is 2.81. The van der Waals surface area contributed by atoms with Gasteiger partial charge in [0.25, 0.3) is 0 Å². The van der Waals surface area contributed by atoms with Crippen molar-refractivity contribution in [2.75, 3.05) is 6.61 Å². The Morgan fingerprint density at radius 1 is 1.67 bits per heavy atom. The Hall–Kier alpha value is -1.20. The fraction of sp³-hybridized carbons (Fsp3) is 0.444. The molecular weight excluding hydrogens is 218 g/mol. The number of hydrogen-bond donors (Lipinski definition) is 1. The summed E-state index contributed by atoms with van der Waals surface area (Å²) in [4.78, 5) is 19.2. The van der Waals surface area contributed by atoms with Gasteiger partial charge >= 0.3 is 5.97 Å². The molecule has 0 spiro atoms. The summed E-state index contributed by atoms with van der Waals surface area (Å²) < 4.78 is 4.79. The maximum Gasteiger partial charge on any atom is 0.357 e. The summed E-state index contributed by atoms with van der Waals surface area (Å²) in [6, 6.07) is 1.22. The molecule has 6 heteroatoms.